The van der Waals surface area contributed by atoms with Crippen molar-refractivity contribution in [2.45, 2.75) is 19.9 Å². The number of rotatable bonds is 9. The fourth-order valence-corrected chi connectivity index (χ4v) is 3.21. The molecule has 2 heterocycles. The fourth-order valence-electron chi connectivity index (χ4n) is 3.21. The Hall–Kier alpha value is -2.38. The molecule has 1 aliphatic rings. The SMILES string of the molecule is C/C=N\N1CCN(Cc2cc(-c3ccc(OCCCN(C)C)cc3)no2)CC1. The van der Waals surface area contributed by atoms with E-state index in [1.165, 1.54) is 0 Å². The Morgan fingerprint density at radius 2 is 1.93 bits per heavy atom. The zero-order valence-electron chi connectivity index (χ0n) is 17.2. The Bertz CT molecular complexity index is 734. The molecule has 0 saturated carbocycles. The van der Waals surface area contributed by atoms with Crippen LogP contribution in [0.2, 0.25) is 0 Å². The van der Waals surface area contributed by atoms with E-state index in [4.69, 9.17) is 9.26 Å². The number of benzene rings is 1. The molecule has 0 spiro atoms. The zero-order valence-corrected chi connectivity index (χ0v) is 17.2. The lowest BCUT2D eigenvalue weighted by atomic mass is 10.1. The second-order valence-electron chi connectivity index (χ2n) is 7.31. The maximum absolute atomic E-state index is 5.79. The molecular weight excluding hydrogens is 354 g/mol. The maximum atomic E-state index is 5.79. The summed E-state index contributed by atoms with van der Waals surface area (Å²) < 4.78 is 11.3. The van der Waals surface area contributed by atoms with Crippen LogP contribution >= 0.6 is 0 Å². The Morgan fingerprint density at radius 3 is 2.61 bits per heavy atom. The molecule has 3 rings (SSSR count). The summed E-state index contributed by atoms with van der Waals surface area (Å²) in [5.74, 6) is 1.78. The summed E-state index contributed by atoms with van der Waals surface area (Å²) in [5, 5.41) is 10.7. The lowest BCUT2D eigenvalue weighted by Crippen LogP contribution is -2.43. The van der Waals surface area contributed by atoms with Gasteiger partial charge in [-0.25, -0.2) is 0 Å². The number of nitrogens with zero attached hydrogens (tertiary/aromatic N) is 5. The maximum Gasteiger partial charge on any atom is 0.151 e. The average molecular weight is 386 g/mol. The van der Waals surface area contributed by atoms with Crippen LogP contribution in [0.3, 0.4) is 0 Å². The van der Waals surface area contributed by atoms with Crippen LogP contribution in [0.15, 0.2) is 40.0 Å². The summed E-state index contributed by atoms with van der Waals surface area (Å²) in [6, 6.07) is 10.1. The molecule has 1 aromatic heterocycles. The van der Waals surface area contributed by atoms with Gasteiger partial charge in [-0.05, 0) is 51.7 Å². The first-order chi connectivity index (χ1) is 13.6. The molecule has 1 fully saturated rings. The van der Waals surface area contributed by atoms with E-state index in [-0.39, 0.29) is 0 Å². The van der Waals surface area contributed by atoms with Crippen molar-refractivity contribution in [2.75, 3.05) is 53.4 Å². The van der Waals surface area contributed by atoms with Crippen molar-refractivity contribution < 1.29 is 9.26 Å². The van der Waals surface area contributed by atoms with Gasteiger partial charge in [0.25, 0.3) is 0 Å². The van der Waals surface area contributed by atoms with E-state index in [1.54, 1.807) is 0 Å². The molecule has 7 heteroatoms. The van der Waals surface area contributed by atoms with Gasteiger partial charge < -0.3 is 14.2 Å². The van der Waals surface area contributed by atoms with Crippen LogP contribution in [0, 0.1) is 0 Å². The average Bonchev–Trinajstić information content (AvgIpc) is 3.16. The number of hydrogen-bond donors (Lipinski definition) is 0. The number of hydrazone groups is 1. The topological polar surface area (TPSA) is 57.3 Å². The van der Waals surface area contributed by atoms with Crippen LogP contribution in [0.25, 0.3) is 11.3 Å². The third kappa shape index (κ3) is 6.07. The summed E-state index contributed by atoms with van der Waals surface area (Å²) in [7, 11) is 4.14. The van der Waals surface area contributed by atoms with E-state index in [0.29, 0.717) is 0 Å². The summed E-state index contributed by atoms with van der Waals surface area (Å²) in [6.07, 6.45) is 2.86. The number of hydrogen-bond acceptors (Lipinski definition) is 7. The normalized spacial score (nSPS) is 15.6. The third-order valence-corrected chi connectivity index (χ3v) is 4.73. The van der Waals surface area contributed by atoms with Gasteiger partial charge in [0, 0.05) is 50.6 Å². The van der Waals surface area contributed by atoms with Crippen molar-refractivity contribution in [3.05, 3.63) is 36.1 Å². The van der Waals surface area contributed by atoms with Crippen LogP contribution in [-0.4, -0.2) is 79.6 Å². The van der Waals surface area contributed by atoms with E-state index >= 15 is 0 Å². The van der Waals surface area contributed by atoms with E-state index < -0.39 is 0 Å². The second-order valence-corrected chi connectivity index (χ2v) is 7.31. The Balaban J connectivity index is 1.48. The molecule has 0 unspecified atom stereocenters. The minimum absolute atomic E-state index is 0.725. The molecule has 7 nitrogen and oxygen atoms in total. The van der Waals surface area contributed by atoms with E-state index in [9.17, 15) is 0 Å². The highest BCUT2D eigenvalue weighted by Gasteiger charge is 2.17. The molecule has 0 amide bonds. The number of ether oxygens (including phenoxy) is 1. The van der Waals surface area contributed by atoms with Gasteiger partial charge in [0.05, 0.1) is 13.2 Å². The van der Waals surface area contributed by atoms with Gasteiger partial charge in [-0.1, -0.05) is 5.16 Å². The molecule has 0 atom stereocenters. The molecule has 1 saturated heterocycles. The molecule has 0 bridgehead atoms. The minimum atomic E-state index is 0.725. The third-order valence-electron chi connectivity index (χ3n) is 4.73. The monoisotopic (exact) mass is 385 g/mol. The summed E-state index contributed by atoms with van der Waals surface area (Å²) in [4.78, 5) is 4.53. The van der Waals surface area contributed by atoms with Crippen LogP contribution in [0.1, 0.15) is 19.1 Å². The first-order valence-corrected chi connectivity index (χ1v) is 9.93. The van der Waals surface area contributed by atoms with E-state index in [1.807, 2.05) is 43.5 Å². The zero-order chi connectivity index (χ0) is 19.8. The van der Waals surface area contributed by atoms with Crippen molar-refractivity contribution in [1.82, 2.24) is 20.0 Å². The highest BCUT2D eigenvalue weighted by molar-refractivity contribution is 5.59. The molecule has 1 aromatic carbocycles. The van der Waals surface area contributed by atoms with Gasteiger partial charge in [0.15, 0.2) is 5.76 Å². The summed E-state index contributed by atoms with van der Waals surface area (Å²) in [6.45, 7) is 8.34. The van der Waals surface area contributed by atoms with Crippen LogP contribution in [0.5, 0.6) is 5.75 Å². The summed E-state index contributed by atoms with van der Waals surface area (Å²) in [5.41, 5.74) is 1.90. The minimum Gasteiger partial charge on any atom is -0.494 e. The highest BCUT2D eigenvalue weighted by Crippen LogP contribution is 2.23. The number of aromatic nitrogens is 1. The molecule has 0 radical (unpaired) electrons. The highest BCUT2D eigenvalue weighted by atomic mass is 16.5. The molecular formula is C21H31N5O2. The van der Waals surface area contributed by atoms with Gasteiger partial charge in [-0.2, -0.15) is 5.10 Å². The van der Waals surface area contributed by atoms with E-state index in [2.05, 4.69) is 39.2 Å². The van der Waals surface area contributed by atoms with Crippen molar-refractivity contribution in [3.8, 4) is 17.0 Å². The second kappa shape index (κ2) is 10.2. The standard InChI is InChI=1S/C21H31N5O2/c1-4-22-26-13-11-25(12-14-26)17-20-16-21(23-28-20)18-6-8-19(9-7-18)27-15-5-10-24(2)3/h4,6-9,16H,5,10-15,17H2,1-3H3/b22-4-. The molecule has 2 aromatic rings. The van der Waals surface area contributed by atoms with Crippen molar-refractivity contribution in [3.63, 3.8) is 0 Å². The lowest BCUT2D eigenvalue weighted by molar-refractivity contribution is 0.122. The van der Waals surface area contributed by atoms with Crippen molar-refractivity contribution in [2.24, 2.45) is 5.10 Å². The fraction of sp³-hybridized carbons (Fsp3) is 0.524. The Morgan fingerprint density at radius 1 is 1.18 bits per heavy atom. The predicted octanol–water partition coefficient (Wildman–Crippen LogP) is 2.80. The van der Waals surface area contributed by atoms with Gasteiger partial charge in [-0.3, -0.25) is 9.91 Å². The molecule has 0 N–H and O–H groups in total. The van der Waals surface area contributed by atoms with Crippen LogP contribution in [-0.2, 0) is 6.54 Å². The van der Waals surface area contributed by atoms with Gasteiger partial charge >= 0.3 is 0 Å². The first-order valence-electron chi connectivity index (χ1n) is 9.93. The van der Waals surface area contributed by atoms with Crippen molar-refractivity contribution in [1.29, 1.82) is 0 Å². The lowest BCUT2D eigenvalue weighted by Gasteiger charge is -2.32. The molecule has 0 aliphatic carbocycles. The van der Waals surface area contributed by atoms with Crippen LogP contribution < -0.4 is 4.74 Å². The Labute approximate surface area is 167 Å². The van der Waals surface area contributed by atoms with E-state index in [0.717, 1.165) is 75.1 Å². The quantitative estimate of drug-likeness (QED) is 0.489. The summed E-state index contributed by atoms with van der Waals surface area (Å²) >= 11 is 0. The number of piperazine rings is 1. The smallest absolute Gasteiger partial charge is 0.151 e. The molecule has 28 heavy (non-hydrogen) atoms. The van der Waals surface area contributed by atoms with Crippen molar-refractivity contribution >= 4 is 6.21 Å². The first kappa shape index (κ1) is 20.4. The molecule has 152 valence electrons. The largest absolute Gasteiger partial charge is 0.494 e. The van der Waals surface area contributed by atoms with Gasteiger partial charge in [-0.15, -0.1) is 0 Å². The molecule has 1 aliphatic heterocycles. The van der Waals surface area contributed by atoms with Crippen LogP contribution in [0.4, 0.5) is 0 Å². The van der Waals surface area contributed by atoms with Gasteiger partial charge in [0.1, 0.15) is 11.4 Å². The Kier molecular flexibility index (Phi) is 7.45. The predicted molar refractivity (Wildman–Crippen MR) is 112 cm³/mol. The van der Waals surface area contributed by atoms with Gasteiger partial charge in [0.2, 0.25) is 0 Å².